The molecule has 1 aromatic rings. The molecule has 0 spiro atoms. The highest BCUT2D eigenvalue weighted by Crippen LogP contribution is 2.28. The number of hydrogen-bond acceptors (Lipinski definition) is 0. The monoisotopic (exact) mass is 260 g/mol. The maximum absolute atomic E-state index is 2.65. The molecule has 0 aliphatic carbocycles. The average Bonchev–Trinajstić information content (AvgIpc) is 2.39. The summed E-state index contributed by atoms with van der Waals surface area (Å²) in [5, 5.41) is 0. The molecule has 0 radical (unpaired) electrons. The van der Waals surface area contributed by atoms with Crippen LogP contribution in [0.3, 0.4) is 0 Å². The molecule has 18 heavy (non-hydrogen) atoms. The fraction of sp³-hybridized carbons (Fsp3) is 0.529. The number of allylic oxidation sites excluding steroid dienone is 1. The van der Waals surface area contributed by atoms with Crippen molar-refractivity contribution in [1.82, 2.24) is 0 Å². The van der Waals surface area contributed by atoms with Gasteiger partial charge in [-0.1, -0.05) is 68.4 Å². The first-order valence-electron chi connectivity index (χ1n) is 7.25. The van der Waals surface area contributed by atoms with Crippen LogP contribution >= 0.6 is 0 Å². The molecule has 1 aromatic carbocycles. The molecule has 0 atom stereocenters. The Bertz CT molecular complexity index is 417. The zero-order valence-electron chi connectivity index (χ0n) is 12.9. The van der Waals surface area contributed by atoms with Gasteiger partial charge < -0.3 is 0 Å². The summed E-state index contributed by atoms with van der Waals surface area (Å²) in [6.07, 6.45) is 0. The lowest BCUT2D eigenvalue weighted by atomic mass is 9.99. The number of benzene rings is 1. The number of hydrogen-bond donors (Lipinski definition) is 0. The summed E-state index contributed by atoms with van der Waals surface area (Å²) in [4.78, 5) is 0. The summed E-state index contributed by atoms with van der Waals surface area (Å²) >= 11 is 0. The standard InChI is InChI=1S/C17H28Si/c1-7-18(8-2,9-3)13-15(5)17-12-10-11-14(4)16(17)6/h10-13H,7-9H2,1-6H3/b15-13+. The second-order valence-electron chi connectivity index (χ2n) is 5.50. The first-order chi connectivity index (χ1) is 8.49. The summed E-state index contributed by atoms with van der Waals surface area (Å²) in [6.45, 7) is 13.8. The van der Waals surface area contributed by atoms with Gasteiger partial charge in [0, 0.05) is 0 Å². The molecule has 0 heterocycles. The lowest BCUT2D eigenvalue weighted by molar-refractivity contribution is 1.19. The van der Waals surface area contributed by atoms with Gasteiger partial charge in [-0.3, -0.25) is 0 Å². The quantitative estimate of drug-likeness (QED) is 0.591. The third kappa shape index (κ3) is 3.14. The maximum atomic E-state index is 2.65. The van der Waals surface area contributed by atoms with Gasteiger partial charge in [0.15, 0.2) is 0 Å². The largest absolute Gasteiger partial charge is 0.0908 e. The van der Waals surface area contributed by atoms with Crippen molar-refractivity contribution in [3.8, 4) is 0 Å². The molecule has 0 saturated carbocycles. The Labute approximate surface area is 114 Å². The predicted molar refractivity (Wildman–Crippen MR) is 86.8 cm³/mol. The van der Waals surface area contributed by atoms with Gasteiger partial charge in [-0.05, 0) is 37.5 Å². The zero-order chi connectivity index (χ0) is 13.8. The maximum Gasteiger partial charge on any atom is 0.0773 e. The second kappa shape index (κ2) is 6.37. The summed E-state index contributed by atoms with van der Waals surface area (Å²) in [6, 6.07) is 10.7. The van der Waals surface area contributed by atoms with Crippen LogP contribution in [0.1, 0.15) is 44.4 Å². The van der Waals surface area contributed by atoms with Crippen molar-refractivity contribution in [3.05, 3.63) is 40.6 Å². The van der Waals surface area contributed by atoms with E-state index in [4.69, 9.17) is 0 Å². The summed E-state index contributed by atoms with van der Waals surface area (Å²) in [5.74, 6) is 0. The minimum absolute atomic E-state index is 1.17. The van der Waals surface area contributed by atoms with E-state index in [9.17, 15) is 0 Å². The van der Waals surface area contributed by atoms with Crippen LogP contribution in [0, 0.1) is 13.8 Å². The van der Waals surface area contributed by atoms with E-state index in [1.807, 2.05) is 0 Å². The fourth-order valence-corrected chi connectivity index (χ4v) is 5.96. The highest BCUT2D eigenvalue weighted by molar-refractivity contribution is 6.85. The van der Waals surface area contributed by atoms with Crippen molar-refractivity contribution < 1.29 is 0 Å². The molecule has 0 bridgehead atoms. The van der Waals surface area contributed by atoms with Crippen molar-refractivity contribution in [2.45, 2.75) is 59.7 Å². The van der Waals surface area contributed by atoms with Gasteiger partial charge in [0.2, 0.25) is 0 Å². The fourth-order valence-electron chi connectivity index (χ4n) is 2.77. The third-order valence-electron chi connectivity index (χ3n) is 4.66. The van der Waals surface area contributed by atoms with Crippen LogP contribution in [-0.2, 0) is 0 Å². The smallest absolute Gasteiger partial charge is 0.0773 e. The van der Waals surface area contributed by atoms with Gasteiger partial charge in [0.1, 0.15) is 0 Å². The van der Waals surface area contributed by atoms with Crippen LogP contribution in [0.5, 0.6) is 0 Å². The molecule has 0 saturated heterocycles. The van der Waals surface area contributed by atoms with Crippen LogP contribution in [0.4, 0.5) is 0 Å². The Hall–Kier alpha value is -0.823. The van der Waals surface area contributed by atoms with E-state index in [0.717, 1.165) is 0 Å². The van der Waals surface area contributed by atoms with E-state index in [0.29, 0.717) is 0 Å². The highest BCUT2D eigenvalue weighted by atomic mass is 28.3. The van der Waals surface area contributed by atoms with Gasteiger partial charge in [-0.2, -0.15) is 0 Å². The van der Waals surface area contributed by atoms with Gasteiger partial charge >= 0.3 is 0 Å². The normalized spacial score (nSPS) is 12.9. The van der Waals surface area contributed by atoms with Crippen LogP contribution < -0.4 is 0 Å². The summed E-state index contributed by atoms with van der Waals surface area (Å²) in [5.41, 5.74) is 8.43. The number of rotatable bonds is 5. The van der Waals surface area contributed by atoms with E-state index < -0.39 is 8.07 Å². The average molecular weight is 260 g/mol. The molecule has 1 rings (SSSR count). The Morgan fingerprint density at radius 2 is 1.61 bits per heavy atom. The van der Waals surface area contributed by atoms with Gasteiger partial charge in [0.25, 0.3) is 0 Å². The summed E-state index contributed by atoms with van der Waals surface area (Å²) < 4.78 is 0. The number of aryl methyl sites for hydroxylation is 1. The third-order valence-corrected chi connectivity index (χ3v) is 9.93. The van der Waals surface area contributed by atoms with Crippen molar-refractivity contribution in [2.75, 3.05) is 0 Å². The Balaban J connectivity index is 3.20. The van der Waals surface area contributed by atoms with Gasteiger partial charge in [0.05, 0.1) is 8.07 Å². The van der Waals surface area contributed by atoms with Crippen LogP contribution in [-0.4, -0.2) is 8.07 Å². The molecular weight excluding hydrogens is 232 g/mol. The lowest BCUT2D eigenvalue weighted by Crippen LogP contribution is -2.29. The molecule has 0 N–H and O–H groups in total. The second-order valence-corrected chi connectivity index (χ2v) is 10.6. The van der Waals surface area contributed by atoms with Crippen LogP contribution in [0.2, 0.25) is 18.1 Å². The van der Waals surface area contributed by atoms with Crippen molar-refractivity contribution in [3.63, 3.8) is 0 Å². The molecule has 0 aliphatic rings. The highest BCUT2D eigenvalue weighted by Gasteiger charge is 2.24. The molecular formula is C17H28Si. The van der Waals surface area contributed by atoms with E-state index in [-0.39, 0.29) is 0 Å². The van der Waals surface area contributed by atoms with Crippen molar-refractivity contribution >= 4 is 13.6 Å². The van der Waals surface area contributed by atoms with Crippen molar-refractivity contribution in [2.24, 2.45) is 0 Å². The van der Waals surface area contributed by atoms with Crippen LogP contribution in [0.25, 0.3) is 5.57 Å². The van der Waals surface area contributed by atoms with E-state index in [1.54, 1.807) is 0 Å². The molecule has 0 unspecified atom stereocenters. The first kappa shape index (κ1) is 15.2. The van der Waals surface area contributed by atoms with E-state index >= 15 is 0 Å². The predicted octanol–water partition coefficient (Wildman–Crippen LogP) is 5.75. The molecule has 0 aromatic heterocycles. The van der Waals surface area contributed by atoms with Gasteiger partial charge in [-0.15, -0.1) is 0 Å². The Morgan fingerprint density at radius 1 is 1.06 bits per heavy atom. The van der Waals surface area contributed by atoms with E-state index in [1.165, 1.54) is 40.4 Å². The molecule has 0 fully saturated rings. The molecule has 0 aliphatic heterocycles. The minimum atomic E-state index is -1.17. The van der Waals surface area contributed by atoms with E-state index in [2.05, 4.69) is 65.4 Å². The Kier molecular flexibility index (Phi) is 5.40. The molecule has 0 amide bonds. The minimum Gasteiger partial charge on any atom is -0.0908 e. The SMILES string of the molecule is CC[Si](/C=C(\C)c1cccc(C)c1C)(CC)CC. The molecule has 100 valence electrons. The Morgan fingerprint density at radius 3 is 2.11 bits per heavy atom. The first-order valence-corrected chi connectivity index (χ1v) is 9.95. The summed E-state index contributed by atoms with van der Waals surface area (Å²) in [7, 11) is -1.17. The topological polar surface area (TPSA) is 0 Å². The molecule has 0 nitrogen and oxygen atoms in total. The zero-order valence-corrected chi connectivity index (χ0v) is 13.9. The molecule has 1 heteroatoms. The van der Waals surface area contributed by atoms with Crippen molar-refractivity contribution in [1.29, 1.82) is 0 Å². The van der Waals surface area contributed by atoms with Gasteiger partial charge in [-0.25, -0.2) is 0 Å². The lowest BCUT2D eigenvalue weighted by Gasteiger charge is -2.25. The van der Waals surface area contributed by atoms with Crippen LogP contribution in [0.15, 0.2) is 23.9 Å².